The summed E-state index contributed by atoms with van der Waals surface area (Å²) in [4.78, 5) is 15.5. The topological polar surface area (TPSA) is 60.0 Å². The van der Waals surface area contributed by atoms with E-state index < -0.39 is 0 Å². The molecule has 0 aromatic heterocycles. The summed E-state index contributed by atoms with van der Waals surface area (Å²) >= 11 is 0. The third-order valence-corrected chi connectivity index (χ3v) is 6.24. The summed E-state index contributed by atoms with van der Waals surface area (Å²) in [5, 5.41) is 3.43. The van der Waals surface area contributed by atoms with Crippen LogP contribution in [0.3, 0.4) is 0 Å². The molecule has 1 saturated carbocycles. The third-order valence-electron chi connectivity index (χ3n) is 6.24. The Morgan fingerprint density at radius 3 is 2.53 bits per heavy atom. The highest BCUT2D eigenvalue weighted by molar-refractivity contribution is 5.95. The zero-order valence-corrected chi connectivity index (χ0v) is 20.8. The fourth-order valence-electron chi connectivity index (χ4n) is 4.64. The highest BCUT2D eigenvalue weighted by atomic mass is 35.5. The molecule has 1 aromatic carbocycles. The Bertz CT molecular complexity index is 689. The zero-order chi connectivity index (χ0) is 22.1. The van der Waals surface area contributed by atoms with E-state index in [1.54, 1.807) is 7.11 Å². The second-order valence-electron chi connectivity index (χ2n) is 9.04. The molecule has 7 heteroatoms. The molecule has 0 radical (unpaired) electrons. The van der Waals surface area contributed by atoms with E-state index in [9.17, 15) is 4.79 Å². The molecule has 6 nitrogen and oxygen atoms in total. The van der Waals surface area contributed by atoms with Gasteiger partial charge in [0.15, 0.2) is 11.5 Å². The van der Waals surface area contributed by atoms with E-state index in [4.69, 9.17) is 14.2 Å². The molecule has 2 fully saturated rings. The quantitative estimate of drug-likeness (QED) is 0.498. The zero-order valence-electron chi connectivity index (χ0n) is 19.9. The van der Waals surface area contributed by atoms with Crippen molar-refractivity contribution in [2.24, 2.45) is 0 Å². The van der Waals surface area contributed by atoms with Crippen LogP contribution >= 0.6 is 12.4 Å². The maximum absolute atomic E-state index is 13.5. The smallest absolute Gasteiger partial charge is 0.254 e. The summed E-state index contributed by atoms with van der Waals surface area (Å²) in [6.45, 7) is 7.25. The molecule has 0 spiro atoms. The number of halogens is 1. The number of carbonyl (C=O) groups excluding carboxylic acids is 1. The summed E-state index contributed by atoms with van der Waals surface area (Å²) in [5.41, 5.74) is 0.664. The molecule has 1 aliphatic carbocycles. The van der Waals surface area contributed by atoms with E-state index in [-0.39, 0.29) is 36.5 Å². The van der Waals surface area contributed by atoms with Crippen molar-refractivity contribution in [1.82, 2.24) is 10.2 Å². The number of nitrogens with one attached hydrogen (secondary N) is 1. The number of benzene rings is 1. The molecule has 32 heavy (non-hydrogen) atoms. The van der Waals surface area contributed by atoms with Crippen molar-refractivity contribution in [3.05, 3.63) is 23.8 Å². The molecular formula is C25H41ClN2O4. The maximum Gasteiger partial charge on any atom is 0.254 e. The van der Waals surface area contributed by atoms with E-state index in [0.29, 0.717) is 24.5 Å². The van der Waals surface area contributed by atoms with Crippen molar-refractivity contribution < 1.29 is 19.0 Å². The highest BCUT2D eigenvalue weighted by Crippen LogP contribution is 2.33. The van der Waals surface area contributed by atoms with Crippen LogP contribution < -0.4 is 14.8 Å². The molecule has 3 rings (SSSR count). The van der Waals surface area contributed by atoms with Gasteiger partial charge in [-0.25, -0.2) is 0 Å². The van der Waals surface area contributed by atoms with Gasteiger partial charge in [0, 0.05) is 44.3 Å². The number of hydrogen-bond acceptors (Lipinski definition) is 5. The van der Waals surface area contributed by atoms with Gasteiger partial charge in [0.2, 0.25) is 0 Å². The summed E-state index contributed by atoms with van der Waals surface area (Å²) in [6, 6.07) is 6.06. The Morgan fingerprint density at radius 2 is 1.88 bits per heavy atom. The van der Waals surface area contributed by atoms with Crippen LogP contribution in [0.1, 0.15) is 75.6 Å². The molecule has 1 aromatic rings. The van der Waals surface area contributed by atoms with E-state index in [1.807, 2.05) is 23.1 Å². The Hall–Kier alpha value is -1.50. The number of nitrogens with zero attached hydrogens (tertiary/aromatic N) is 1. The lowest BCUT2D eigenvalue weighted by Crippen LogP contribution is -2.51. The molecule has 1 N–H and O–H groups in total. The second-order valence-corrected chi connectivity index (χ2v) is 9.04. The fraction of sp³-hybridized carbons (Fsp3) is 0.720. The molecule has 1 heterocycles. The largest absolute Gasteiger partial charge is 0.490 e. The minimum absolute atomic E-state index is 0. The molecule has 2 aliphatic rings. The van der Waals surface area contributed by atoms with Crippen LogP contribution in [0.15, 0.2) is 18.2 Å². The van der Waals surface area contributed by atoms with Crippen LogP contribution in [0.25, 0.3) is 0 Å². The molecule has 1 saturated heterocycles. The molecular weight excluding hydrogens is 428 g/mol. The van der Waals surface area contributed by atoms with Crippen molar-refractivity contribution in [3.8, 4) is 11.5 Å². The SMILES string of the molecule is COCCCOc1cc(C(=O)N(C(C)C)[C@@H]2CCCNC2)ccc1OC1CCCCC1.Cl. The maximum atomic E-state index is 13.5. The van der Waals surface area contributed by atoms with Gasteiger partial charge in [-0.15, -0.1) is 12.4 Å². The van der Waals surface area contributed by atoms with Gasteiger partial charge in [-0.3, -0.25) is 4.79 Å². The number of methoxy groups -OCH3 is 1. The lowest BCUT2D eigenvalue weighted by Gasteiger charge is -2.37. The Morgan fingerprint density at radius 1 is 1.09 bits per heavy atom. The van der Waals surface area contributed by atoms with Crippen molar-refractivity contribution in [1.29, 1.82) is 0 Å². The Kier molecular flexibility index (Phi) is 11.6. The van der Waals surface area contributed by atoms with Crippen LogP contribution in [0.5, 0.6) is 11.5 Å². The van der Waals surface area contributed by atoms with Crippen LogP contribution in [-0.4, -0.2) is 62.4 Å². The summed E-state index contributed by atoms with van der Waals surface area (Å²) in [6.07, 6.45) is 9.05. The minimum Gasteiger partial charge on any atom is -0.490 e. The van der Waals surface area contributed by atoms with Gasteiger partial charge in [0.1, 0.15) is 0 Å². The van der Waals surface area contributed by atoms with Crippen LogP contribution in [0.2, 0.25) is 0 Å². The Labute approximate surface area is 199 Å². The average molecular weight is 469 g/mol. The first kappa shape index (κ1) is 26.7. The van der Waals surface area contributed by atoms with Gasteiger partial charge in [-0.1, -0.05) is 6.42 Å². The van der Waals surface area contributed by atoms with Crippen molar-refractivity contribution >= 4 is 18.3 Å². The monoisotopic (exact) mass is 468 g/mol. The number of carbonyl (C=O) groups is 1. The number of piperidine rings is 1. The van der Waals surface area contributed by atoms with Gasteiger partial charge in [0.05, 0.1) is 12.7 Å². The first-order valence-electron chi connectivity index (χ1n) is 12.1. The summed E-state index contributed by atoms with van der Waals surface area (Å²) in [5.74, 6) is 1.48. The molecule has 1 amide bonds. The molecule has 0 bridgehead atoms. The standard InChI is InChI=1S/C25H40N2O4.ClH/c1-19(2)27(21-9-7-14-26-18-21)25(28)20-12-13-23(31-22-10-5-4-6-11-22)24(17-20)30-16-8-15-29-3;/h12-13,17,19,21-22,26H,4-11,14-16,18H2,1-3H3;1H/t21-;/m1./s1. The van der Waals surface area contributed by atoms with E-state index in [2.05, 4.69) is 19.2 Å². The first-order valence-corrected chi connectivity index (χ1v) is 12.1. The third kappa shape index (κ3) is 7.53. The van der Waals surface area contributed by atoms with Gasteiger partial charge >= 0.3 is 0 Å². The van der Waals surface area contributed by atoms with E-state index >= 15 is 0 Å². The predicted molar refractivity (Wildman–Crippen MR) is 130 cm³/mol. The fourth-order valence-corrected chi connectivity index (χ4v) is 4.64. The molecule has 1 aliphatic heterocycles. The Balaban J connectivity index is 0.00000363. The van der Waals surface area contributed by atoms with E-state index in [0.717, 1.165) is 50.9 Å². The number of ether oxygens (including phenoxy) is 3. The first-order chi connectivity index (χ1) is 15.1. The lowest BCUT2D eigenvalue weighted by molar-refractivity contribution is 0.0572. The highest BCUT2D eigenvalue weighted by Gasteiger charge is 2.29. The average Bonchev–Trinajstić information content (AvgIpc) is 2.79. The van der Waals surface area contributed by atoms with Crippen LogP contribution in [0.4, 0.5) is 0 Å². The number of amides is 1. The van der Waals surface area contributed by atoms with Crippen LogP contribution in [0, 0.1) is 0 Å². The normalized spacial score (nSPS) is 19.3. The molecule has 0 unspecified atom stereocenters. The molecule has 1 atom stereocenters. The minimum atomic E-state index is 0. The van der Waals surface area contributed by atoms with Gasteiger partial charge < -0.3 is 24.4 Å². The predicted octanol–water partition coefficient (Wildman–Crippen LogP) is 4.84. The summed E-state index contributed by atoms with van der Waals surface area (Å²) < 4.78 is 17.5. The molecule has 182 valence electrons. The van der Waals surface area contributed by atoms with E-state index in [1.165, 1.54) is 19.3 Å². The van der Waals surface area contributed by atoms with Gasteiger partial charge in [-0.2, -0.15) is 0 Å². The van der Waals surface area contributed by atoms with Crippen molar-refractivity contribution in [2.45, 2.75) is 83.4 Å². The number of hydrogen-bond donors (Lipinski definition) is 1. The van der Waals surface area contributed by atoms with Crippen molar-refractivity contribution in [3.63, 3.8) is 0 Å². The lowest BCUT2D eigenvalue weighted by atomic mass is 9.98. The van der Waals surface area contributed by atoms with Gasteiger partial charge in [0.25, 0.3) is 5.91 Å². The summed E-state index contributed by atoms with van der Waals surface area (Å²) in [7, 11) is 1.69. The second kappa shape index (κ2) is 13.9. The van der Waals surface area contributed by atoms with Gasteiger partial charge in [-0.05, 0) is 77.1 Å². The van der Waals surface area contributed by atoms with Crippen LogP contribution in [-0.2, 0) is 4.74 Å². The number of rotatable bonds is 10. The van der Waals surface area contributed by atoms with Crippen molar-refractivity contribution in [2.75, 3.05) is 33.4 Å².